The minimum atomic E-state index is -0.722. The highest BCUT2D eigenvalue weighted by molar-refractivity contribution is 7.10. The third-order valence-corrected chi connectivity index (χ3v) is 7.66. The number of thiazole rings is 1. The number of carbonyl (C=O) groups excluding carboxylic acids is 3. The van der Waals surface area contributed by atoms with Crippen molar-refractivity contribution in [2.75, 3.05) is 11.5 Å². The minimum absolute atomic E-state index is 0.165. The van der Waals surface area contributed by atoms with E-state index in [-0.39, 0.29) is 22.3 Å². The molecular formula is C24H19N3O5S2. The fraction of sp³-hybridized carbons (Fsp3) is 0.208. The number of carbonyl (C=O) groups is 3. The molecule has 34 heavy (non-hydrogen) atoms. The number of nitrogens with zero attached hydrogens (tertiary/aromatic N) is 3. The maximum absolute atomic E-state index is 13.8. The van der Waals surface area contributed by atoms with Crippen LogP contribution in [0, 0.1) is 0 Å². The third-order valence-electron chi connectivity index (χ3n) is 5.68. The molecule has 0 unspecified atom stereocenters. The van der Waals surface area contributed by atoms with Gasteiger partial charge in [-0.2, -0.15) is 0 Å². The first-order valence-corrected chi connectivity index (χ1v) is 12.2. The van der Waals surface area contributed by atoms with Gasteiger partial charge in [0, 0.05) is 17.4 Å². The van der Waals surface area contributed by atoms with E-state index in [1.54, 1.807) is 38.1 Å². The van der Waals surface area contributed by atoms with Gasteiger partial charge in [-0.1, -0.05) is 35.6 Å². The Balaban J connectivity index is 1.83. The van der Waals surface area contributed by atoms with E-state index in [0.29, 0.717) is 21.7 Å². The molecule has 0 bridgehead atoms. The second-order valence-electron chi connectivity index (χ2n) is 7.69. The van der Waals surface area contributed by atoms with Gasteiger partial charge in [0.05, 0.1) is 29.1 Å². The molecule has 2 aliphatic rings. The second-order valence-corrected chi connectivity index (χ2v) is 9.65. The first-order chi connectivity index (χ1) is 16.3. The van der Waals surface area contributed by atoms with Crippen LogP contribution in [-0.2, 0) is 19.1 Å². The molecule has 0 aliphatic carbocycles. The van der Waals surface area contributed by atoms with Crippen molar-refractivity contribution in [3.8, 4) is 0 Å². The fourth-order valence-corrected chi connectivity index (χ4v) is 6.27. The topological polar surface area (TPSA) is 98.0 Å². The fourth-order valence-electron chi connectivity index (χ4n) is 4.31. The molecule has 1 atom stereocenters. The van der Waals surface area contributed by atoms with Gasteiger partial charge in [-0.25, -0.2) is 14.7 Å². The highest BCUT2D eigenvalue weighted by atomic mass is 32.1. The van der Waals surface area contributed by atoms with Crippen molar-refractivity contribution >= 4 is 51.7 Å². The lowest BCUT2D eigenvalue weighted by molar-refractivity contribution is -0.139. The van der Waals surface area contributed by atoms with Gasteiger partial charge >= 0.3 is 5.97 Å². The average molecular weight is 494 g/mol. The standard InChI is InChI=1S/C24H19N3O5S2/c1-4-32-23(31)17-12(2)25-24-27(19(17)16-10-7-11-33-16)22(30)20(34-24)18-14-8-5-6-9-15(14)26(13(3)28)21(18)29/h5-11,19H,4H2,1-3H3/b20-18-/t19-/m1/s1. The molecule has 8 nitrogen and oxygen atoms in total. The number of esters is 1. The molecule has 2 aliphatic heterocycles. The van der Waals surface area contributed by atoms with Crippen molar-refractivity contribution in [2.45, 2.75) is 26.8 Å². The van der Waals surface area contributed by atoms with Crippen LogP contribution in [0.5, 0.6) is 0 Å². The van der Waals surface area contributed by atoms with Crippen LogP contribution < -0.4 is 19.8 Å². The highest BCUT2D eigenvalue weighted by Crippen LogP contribution is 2.36. The SMILES string of the molecule is CCOC(=O)C1=C(C)N=c2s/c(=C3\C(=O)N(C(C)=O)c4ccccc43)c(=O)n2[C@@H]1c1cccs1. The number of allylic oxidation sites excluding steroid dienone is 1. The number of hydrogen-bond acceptors (Lipinski definition) is 8. The number of amides is 2. The molecule has 0 radical (unpaired) electrons. The van der Waals surface area contributed by atoms with E-state index in [9.17, 15) is 19.2 Å². The Bertz CT molecular complexity index is 1580. The van der Waals surface area contributed by atoms with E-state index in [1.165, 1.54) is 22.8 Å². The highest BCUT2D eigenvalue weighted by Gasteiger charge is 2.38. The lowest BCUT2D eigenvalue weighted by atomic mass is 10.0. The quantitative estimate of drug-likeness (QED) is 0.521. The van der Waals surface area contributed by atoms with Gasteiger partial charge < -0.3 is 4.74 Å². The van der Waals surface area contributed by atoms with E-state index in [4.69, 9.17) is 4.74 Å². The van der Waals surface area contributed by atoms with Crippen LogP contribution in [0.2, 0.25) is 0 Å². The third kappa shape index (κ3) is 3.21. The summed E-state index contributed by atoms with van der Waals surface area (Å²) in [6.07, 6.45) is 0. The number of aromatic nitrogens is 1. The molecular weight excluding hydrogens is 474 g/mol. The molecule has 4 heterocycles. The smallest absolute Gasteiger partial charge is 0.338 e. The average Bonchev–Trinajstić information content (AvgIpc) is 3.49. The monoisotopic (exact) mass is 493 g/mol. The van der Waals surface area contributed by atoms with Crippen LogP contribution in [-0.4, -0.2) is 29.0 Å². The molecule has 2 amide bonds. The van der Waals surface area contributed by atoms with Crippen LogP contribution in [0.1, 0.15) is 37.3 Å². The van der Waals surface area contributed by atoms with Gasteiger partial charge in [0.2, 0.25) is 5.91 Å². The number of fused-ring (bicyclic) bond motifs is 2. The summed E-state index contributed by atoms with van der Waals surface area (Å²) >= 11 is 2.49. The maximum Gasteiger partial charge on any atom is 0.338 e. The predicted octanol–water partition coefficient (Wildman–Crippen LogP) is 2.12. The van der Waals surface area contributed by atoms with Gasteiger partial charge in [-0.05, 0) is 31.4 Å². The Hall–Kier alpha value is -3.63. The number of rotatable bonds is 3. The van der Waals surface area contributed by atoms with E-state index < -0.39 is 29.4 Å². The van der Waals surface area contributed by atoms with Gasteiger partial charge in [-0.3, -0.25) is 19.0 Å². The van der Waals surface area contributed by atoms with Crippen molar-refractivity contribution in [1.82, 2.24) is 4.57 Å². The molecule has 0 saturated heterocycles. The first-order valence-electron chi connectivity index (χ1n) is 10.5. The summed E-state index contributed by atoms with van der Waals surface area (Å²) in [7, 11) is 0. The molecule has 0 spiro atoms. The Morgan fingerprint density at radius 3 is 2.59 bits per heavy atom. The molecule has 3 aromatic rings. The van der Waals surface area contributed by atoms with E-state index in [0.717, 1.165) is 21.1 Å². The Kier molecular flexibility index (Phi) is 5.41. The zero-order chi connectivity index (χ0) is 24.1. The van der Waals surface area contributed by atoms with Crippen LogP contribution in [0.4, 0.5) is 5.69 Å². The van der Waals surface area contributed by atoms with Gasteiger partial charge in [0.1, 0.15) is 10.6 Å². The number of ether oxygens (including phenoxy) is 1. The van der Waals surface area contributed by atoms with Crippen LogP contribution in [0.15, 0.2) is 62.8 Å². The summed E-state index contributed by atoms with van der Waals surface area (Å²) in [5.41, 5.74) is 1.43. The molecule has 5 rings (SSSR count). The van der Waals surface area contributed by atoms with Crippen LogP contribution in [0.3, 0.4) is 0 Å². The molecule has 0 N–H and O–H groups in total. The summed E-state index contributed by atoms with van der Waals surface area (Å²) < 4.78 is 6.91. The molecule has 1 aromatic carbocycles. The Morgan fingerprint density at radius 1 is 1.15 bits per heavy atom. The first kappa shape index (κ1) is 22.2. The van der Waals surface area contributed by atoms with Gasteiger partial charge in [0.25, 0.3) is 11.5 Å². The molecule has 0 saturated carbocycles. The Labute approximate surface area is 201 Å². The molecule has 10 heteroatoms. The summed E-state index contributed by atoms with van der Waals surface area (Å²) in [5, 5.41) is 1.87. The number of anilines is 1. The molecule has 172 valence electrons. The lowest BCUT2D eigenvalue weighted by Crippen LogP contribution is -2.41. The Morgan fingerprint density at radius 2 is 1.91 bits per heavy atom. The van der Waals surface area contributed by atoms with Crippen molar-refractivity contribution in [1.29, 1.82) is 0 Å². The van der Waals surface area contributed by atoms with Crippen LogP contribution >= 0.6 is 22.7 Å². The summed E-state index contributed by atoms with van der Waals surface area (Å²) in [6, 6.07) is 9.86. The minimum Gasteiger partial charge on any atom is -0.463 e. The summed E-state index contributed by atoms with van der Waals surface area (Å²) in [5.74, 6) is -1.52. The van der Waals surface area contributed by atoms with E-state index >= 15 is 0 Å². The maximum atomic E-state index is 13.8. The zero-order valence-electron chi connectivity index (χ0n) is 18.5. The van der Waals surface area contributed by atoms with Crippen LogP contribution in [0.25, 0.3) is 5.57 Å². The number of para-hydroxylation sites is 1. The van der Waals surface area contributed by atoms with Crippen molar-refractivity contribution in [2.24, 2.45) is 4.99 Å². The lowest BCUT2D eigenvalue weighted by Gasteiger charge is -2.23. The number of imide groups is 1. The molecule has 0 fully saturated rings. The predicted molar refractivity (Wildman–Crippen MR) is 128 cm³/mol. The van der Waals surface area contributed by atoms with Crippen molar-refractivity contribution in [3.05, 3.63) is 83.2 Å². The number of hydrogen-bond donors (Lipinski definition) is 0. The number of thiophene rings is 1. The zero-order valence-corrected chi connectivity index (χ0v) is 20.2. The summed E-state index contributed by atoms with van der Waals surface area (Å²) in [4.78, 5) is 59.0. The largest absolute Gasteiger partial charge is 0.463 e. The van der Waals surface area contributed by atoms with Gasteiger partial charge in [0.15, 0.2) is 4.80 Å². The van der Waals surface area contributed by atoms with Gasteiger partial charge in [-0.15, -0.1) is 11.3 Å². The normalized spacial score (nSPS) is 18.5. The number of benzene rings is 1. The second kappa shape index (κ2) is 8.30. The van der Waals surface area contributed by atoms with Crippen molar-refractivity contribution < 1.29 is 19.1 Å². The van der Waals surface area contributed by atoms with E-state index in [2.05, 4.69) is 4.99 Å². The summed E-state index contributed by atoms with van der Waals surface area (Å²) in [6.45, 7) is 4.92. The van der Waals surface area contributed by atoms with Crippen molar-refractivity contribution in [3.63, 3.8) is 0 Å². The van der Waals surface area contributed by atoms with E-state index in [1.807, 2.05) is 17.5 Å². The molecule has 2 aromatic heterocycles.